The van der Waals surface area contributed by atoms with E-state index in [1.165, 1.54) is 31.7 Å². The maximum Gasteiger partial charge on any atom is 0.417 e. The van der Waals surface area contributed by atoms with Gasteiger partial charge in [0, 0.05) is 17.0 Å². The maximum absolute atomic E-state index is 14.6. The number of carboxylic acids is 1. The molecule has 2 saturated carbocycles. The first-order valence-corrected chi connectivity index (χ1v) is 20.3. The lowest BCUT2D eigenvalue weighted by Gasteiger charge is -2.46. The van der Waals surface area contributed by atoms with Gasteiger partial charge in [0.05, 0.1) is 29.5 Å². The number of hydrogen-bond donors (Lipinski definition) is 2. The summed E-state index contributed by atoms with van der Waals surface area (Å²) in [6.45, 7) is 2.25. The van der Waals surface area contributed by atoms with Crippen molar-refractivity contribution in [2.45, 2.75) is 68.2 Å². The summed E-state index contributed by atoms with van der Waals surface area (Å²) in [4.78, 5) is 15.1. The first kappa shape index (κ1) is 40.2. The van der Waals surface area contributed by atoms with E-state index in [0.717, 1.165) is 61.2 Å². The average molecular weight is 833 g/mol. The number of aromatic carboxylic acids is 1. The molecule has 0 radical (unpaired) electrons. The first-order valence-electron chi connectivity index (χ1n) is 17.9. The fraction of sp³-hybridized carbons (Fsp3) is 0.317. The summed E-state index contributed by atoms with van der Waals surface area (Å²) in [5, 5.41) is 8.90. The molecular formula is C41H35F7N2O5S2. The Labute approximate surface area is 327 Å². The third-order valence-corrected chi connectivity index (χ3v) is 13.3. The minimum Gasteiger partial charge on any atom is -0.495 e. The van der Waals surface area contributed by atoms with Crippen molar-refractivity contribution in [1.82, 2.24) is 4.98 Å². The lowest BCUT2D eigenvalue weighted by molar-refractivity contribution is -0.137. The van der Waals surface area contributed by atoms with E-state index in [1.54, 1.807) is 12.1 Å². The smallest absolute Gasteiger partial charge is 0.417 e. The van der Waals surface area contributed by atoms with Crippen LogP contribution >= 0.6 is 11.3 Å². The van der Waals surface area contributed by atoms with Crippen LogP contribution in [0.4, 0.5) is 36.4 Å². The van der Waals surface area contributed by atoms with Crippen LogP contribution in [0, 0.1) is 17.7 Å². The van der Waals surface area contributed by atoms with Crippen LogP contribution in [0.3, 0.4) is 0 Å². The zero-order valence-electron chi connectivity index (χ0n) is 30.4. The summed E-state index contributed by atoms with van der Waals surface area (Å²) >= 11 is 0.519. The number of aromatic nitrogens is 1. The molecule has 2 unspecified atom stereocenters. The number of nitrogens with one attached hydrogen (secondary N) is 1. The fourth-order valence-corrected chi connectivity index (χ4v) is 10.6. The Bertz CT molecular complexity index is 2450. The van der Waals surface area contributed by atoms with Crippen molar-refractivity contribution in [2.75, 3.05) is 11.8 Å². The Morgan fingerprint density at radius 3 is 2.05 bits per heavy atom. The molecule has 16 heteroatoms. The van der Waals surface area contributed by atoms with Crippen LogP contribution in [0.5, 0.6) is 5.75 Å². The molecule has 4 aromatic carbocycles. The summed E-state index contributed by atoms with van der Waals surface area (Å²) in [7, 11) is -3.62. The second-order valence-electron chi connectivity index (χ2n) is 14.9. The van der Waals surface area contributed by atoms with Crippen molar-refractivity contribution in [3.05, 3.63) is 106 Å². The normalized spacial score (nSPS) is 19.9. The summed E-state index contributed by atoms with van der Waals surface area (Å²) < 4.78 is 135. The lowest BCUT2D eigenvalue weighted by Crippen LogP contribution is -2.36. The van der Waals surface area contributed by atoms with Gasteiger partial charge in [-0.1, -0.05) is 74.7 Å². The van der Waals surface area contributed by atoms with Crippen LogP contribution in [0.2, 0.25) is 0 Å². The number of ether oxygens (including phenoxy) is 1. The van der Waals surface area contributed by atoms with Gasteiger partial charge in [0.2, 0.25) is 0 Å². The Morgan fingerprint density at radius 2 is 1.44 bits per heavy atom. The van der Waals surface area contributed by atoms with Crippen LogP contribution < -0.4 is 9.46 Å². The number of alkyl halides is 6. The number of methoxy groups -OCH3 is 1. The highest BCUT2D eigenvalue weighted by Crippen LogP contribution is 2.50. The molecule has 2 fully saturated rings. The second-order valence-corrected chi connectivity index (χ2v) is 17.4. The minimum absolute atomic E-state index is 0.0201. The number of anilines is 1. The molecule has 3 atom stereocenters. The van der Waals surface area contributed by atoms with Crippen LogP contribution in [0.15, 0.2) is 83.2 Å². The van der Waals surface area contributed by atoms with Crippen molar-refractivity contribution in [3.63, 3.8) is 0 Å². The molecule has 0 aliphatic heterocycles. The molecule has 2 aliphatic carbocycles. The van der Waals surface area contributed by atoms with Crippen molar-refractivity contribution < 1.29 is 53.8 Å². The molecule has 7 nitrogen and oxygen atoms in total. The van der Waals surface area contributed by atoms with Gasteiger partial charge >= 0.3 is 18.3 Å². The van der Waals surface area contributed by atoms with Crippen molar-refractivity contribution in [2.24, 2.45) is 11.8 Å². The van der Waals surface area contributed by atoms with Gasteiger partial charge in [-0.15, -0.1) is 11.3 Å². The summed E-state index contributed by atoms with van der Waals surface area (Å²) in [5.74, 6) is -1.96. The van der Waals surface area contributed by atoms with Gasteiger partial charge in [-0.05, 0) is 82.5 Å². The van der Waals surface area contributed by atoms with Crippen LogP contribution in [-0.4, -0.2) is 31.6 Å². The monoisotopic (exact) mass is 832 g/mol. The molecule has 2 bridgehead atoms. The zero-order chi connectivity index (χ0) is 41.1. The molecule has 1 heterocycles. The molecule has 0 spiro atoms. The Balaban J connectivity index is 1.19. The maximum atomic E-state index is 14.6. The Hall–Kier alpha value is -4.96. The van der Waals surface area contributed by atoms with Gasteiger partial charge in [0.25, 0.3) is 10.0 Å². The minimum atomic E-state index is -5.10. The number of halogens is 7. The van der Waals surface area contributed by atoms with Gasteiger partial charge in [0.15, 0.2) is 5.03 Å². The molecule has 7 rings (SSSR count). The zero-order valence-corrected chi connectivity index (χ0v) is 32.0. The quantitative estimate of drug-likeness (QED) is 0.143. The Kier molecular flexibility index (Phi) is 10.4. The van der Waals surface area contributed by atoms with E-state index in [0.29, 0.717) is 40.9 Å². The molecule has 5 aromatic rings. The molecule has 300 valence electrons. The largest absolute Gasteiger partial charge is 0.495 e. The third kappa shape index (κ3) is 8.11. The van der Waals surface area contributed by atoms with E-state index in [9.17, 15) is 43.9 Å². The van der Waals surface area contributed by atoms with E-state index in [4.69, 9.17) is 9.84 Å². The number of nitrogens with zero attached hydrogens (tertiary/aromatic N) is 1. The molecule has 2 aliphatic rings. The van der Waals surface area contributed by atoms with Gasteiger partial charge in [0.1, 0.15) is 16.6 Å². The highest BCUT2D eigenvalue weighted by molar-refractivity contribution is 7.92. The number of rotatable bonds is 9. The molecule has 0 saturated heterocycles. The standard InChI is InChI=1S/C41H35F7N2O5S2/c1-39(19-22-4-3-5-23(14-22)20-39)27-10-6-24(7-11-27)25-8-12-28(31(15-25)40(43,44)45)26-9-13-29(32(16-26)41(46,47)48)37-49-36(21-56-37)57(53,54)50-34-18-33(42)30(38(51)52)17-35(34)55-2/h6-13,15-18,21-23,50H,3-5,14,19-20H2,1-2H3,(H,51,52)/t22-,23?,39?/m0/s1. The summed E-state index contributed by atoms with van der Waals surface area (Å²) in [6, 6.07) is 14.9. The van der Waals surface area contributed by atoms with E-state index in [-0.39, 0.29) is 22.3 Å². The average Bonchev–Trinajstić information content (AvgIpc) is 3.65. The predicted octanol–water partition coefficient (Wildman–Crippen LogP) is 11.7. The number of fused-ring (bicyclic) bond motifs is 2. The van der Waals surface area contributed by atoms with Crippen molar-refractivity contribution in [3.8, 4) is 38.6 Å². The van der Waals surface area contributed by atoms with E-state index >= 15 is 0 Å². The van der Waals surface area contributed by atoms with E-state index < -0.39 is 77.7 Å². The van der Waals surface area contributed by atoms with Gasteiger partial charge < -0.3 is 9.84 Å². The second kappa shape index (κ2) is 14.8. The van der Waals surface area contributed by atoms with Crippen LogP contribution in [0.25, 0.3) is 32.8 Å². The third-order valence-electron chi connectivity index (χ3n) is 11.0. The fourth-order valence-electron chi connectivity index (χ4n) is 8.44. The molecule has 1 aromatic heterocycles. The molecule has 0 amide bonds. The topological polar surface area (TPSA) is 106 Å². The number of thiazole rings is 1. The van der Waals surface area contributed by atoms with Gasteiger partial charge in [-0.25, -0.2) is 14.2 Å². The lowest BCUT2D eigenvalue weighted by atomic mass is 9.59. The van der Waals surface area contributed by atoms with Crippen molar-refractivity contribution in [1.29, 1.82) is 0 Å². The number of hydrogen-bond acceptors (Lipinski definition) is 6. The van der Waals surface area contributed by atoms with Crippen molar-refractivity contribution >= 4 is 33.0 Å². The van der Waals surface area contributed by atoms with Crippen LogP contribution in [0.1, 0.15) is 72.5 Å². The summed E-state index contributed by atoms with van der Waals surface area (Å²) in [6.07, 6.45) is -2.96. The highest BCUT2D eigenvalue weighted by Gasteiger charge is 2.41. The molecule has 57 heavy (non-hydrogen) atoms. The van der Waals surface area contributed by atoms with Crippen LogP contribution in [-0.2, 0) is 27.8 Å². The SMILES string of the molecule is COc1cc(C(=O)O)c(F)cc1NS(=O)(=O)c1csc(-c2ccc(-c3ccc(-c4ccc(C5(C)CC6CCC[C@@H](C6)C5)cc4)cc3C(F)(F)F)cc2C(F)(F)F)n1. The highest BCUT2D eigenvalue weighted by atomic mass is 32.2. The predicted molar refractivity (Wildman–Crippen MR) is 201 cm³/mol. The Morgan fingerprint density at radius 1 is 0.860 bits per heavy atom. The molecular weight excluding hydrogens is 798 g/mol. The number of carboxylic acid groups (broad SMARTS) is 1. The first-order chi connectivity index (χ1) is 26.8. The van der Waals surface area contributed by atoms with E-state index in [1.807, 2.05) is 16.9 Å². The molecule has 2 N–H and O–H groups in total. The number of sulfonamides is 1. The van der Waals surface area contributed by atoms with Gasteiger partial charge in [-0.2, -0.15) is 34.8 Å². The number of carbonyl (C=O) groups is 1. The van der Waals surface area contributed by atoms with Gasteiger partial charge in [-0.3, -0.25) is 4.72 Å². The van der Waals surface area contributed by atoms with E-state index in [2.05, 4.69) is 11.9 Å². The number of benzene rings is 4. The summed E-state index contributed by atoms with van der Waals surface area (Å²) in [5.41, 5.74) is -3.34.